The summed E-state index contributed by atoms with van der Waals surface area (Å²) in [6.45, 7) is 4.12. The van der Waals surface area contributed by atoms with Gasteiger partial charge in [-0.1, -0.05) is 12.5 Å². The molecule has 0 aliphatic carbocycles. The number of nitrogens with zero attached hydrogens (tertiary/aromatic N) is 7. The van der Waals surface area contributed by atoms with Crippen molar-refractivity contribution in [3.8, 4) is 33.9 Å². The first kappa shape index (κ1) is 28.2. The molecule has 7 rings (SSSR count). The largest absolute Gasteiger partial charge is 0.335 e. The Kier molecular flexibility index (Phi) is 7.84. The Hall–Kier alpha value is -4.54. The van der Waals surface area contributed by atoms with Gasteiger partial charge >= 0.3 is 0 Å². The van der Waals surface area contributed by atoms with Gasteiger partial charge in [0.05, 0.1) is 34.6 Å². The maximum atomic E-state index is 14.7. The van der Waals surface area contributed by atoms with Crippen LogP contribution in [0.4, 0.5) is 4.39 Å². The Morgan fingerprint density at radius 1 is 0.864 bits per heavy atom. The van der Waals surface area contributed by atoms with Crippen LogP contribution in [0.25, 0.3) is 55.8 Å². The van der Waals surface area contributed by atoms with Crippen molar-refractivity contribution in [2.75, 3.05) is 33.7 Å². The molecule has 6 aromatic rings. The first-order valence-corrected chi connectivity index (χ1v) is 15.3. The van der Waals surface area contributed by atoms with E-state index in [0.29, 0.717) is 11.5 Å². The van der Waals surface area contributed by atoms with E-state index in [2.05, 4.69) is 41.0 Å². The van der Waals surface area contributed by atoms with Gasteiger partial charge in [-0.3, -0.25) is 25.0 Å². The van der Waals surface area contributed by atoms with Gasteiger partial charge in [0.15, 0.2) is 5.82 Å². The van der Waals surface area contributed by atoms with E-state index >= 15 is 0 Å². The maximum absolute atomic E-state index is 14.7. The molecule has 0 unspecified atom stereocenters. The topological polar surface area (TPSA) is 103 Å². The molecule has 0 saturated carbocycles. The number of rotatable bonds is 9. The van der Waals surface area contributed by atoms with Crippen LogP contribution in [0.2, 0.25) is 0 Å². The van der Waals surface area contributed by atoms with Crippen molar-refractivity contribution < 1.29 is 4.39 Å². The fourth-order valence-electron chi connectivity index (χ4n) is 6.15. The van der Waals surface area contributed by atoms with Gasteiger partial charge in [-0.15, -0.1) is 0 Å². The average molecular weight is 590 g/mol. The zero-order chi connectivity index (χ0) is 30.0. The van der Waals surface area contributed by atoms with E-state index in [1.165, 1.54) is 24.8 Å². The molecule has 9 nitrogen and oxygen atoms in total. The number of aromatic nitrogens is 7. The number of aryl methyl sites for hydroxylation is 1. The van der Waals surface area contributed by atoms with Crippen molar-refractivity contribution in [2.45, 2.75) is 38.6 Å². The number of aromatic amines is 2. The molecule has 1 aliphatic rings. The third-order valence-electron chi connectivity index (χ3n) is 8.35. The van der Waals surface area contributed by atoms with Gasteiger partial charge < -0.3 is 9.88 Å². The monoisotopic (exact) mass is 589 g/mol. The number of imidazole rings is 1. The number of halogens is 1. The Balaban J connectivity index is 1.21. The fourth-order valence-corrected chi connectivity index (χ4v) is 6.15. The normalized spacial score (nSPS) is 14.3. The number of fused-ring (bicyclic) bond motifs is 2. The van der Waals surface area contributed by atoms with Gasteiger partial charge in [0.2, 0.25) is 0 Å². The highest BCUT2D eigenvalue weighted by Gasteiger charge is 2.18. The molecular formula is C34H36FN9. The zero-order valence-electron chi connectivity index (χ0n) is 25.1. The lowest BCUT2D eigenvalue weighted by Gasteiger charge is -2.26. The van der Waals surface area contributed by atoms with E-state index in [1.807, 2.05) is 38.6 Å². The molecule has 224 valence electrons. The number of piperidine rings is 1. The predicted octanol–water partition coefficient (Wildman–Crippen LogP) is 6.24. The molecule has 6 heterocycles. The molecule has 10 heteroatoms. The lowest BCUT2D eigenvalue weighted by Crippen LogP contribution is -2.29. The van der Waals surface area contributed by atoms with Gasteiger partial charge in [0, 0.05) is 41.6 Å². The Morgan fingerprint density at radius 3 is 2.57 bits per heavy atom. The summed E-state index contributed by atoms with van der Waals surface area (Å²) in [5, 5.41) is 8.61. The van der Waals surface area contributed by atoms with E-state index < -0.39 is 0 Å². The summed E-state index contributed by atoms with van der Waals surface area (Å²) >= 11 is 0. The van der Waals surface area contributed by atoms with Crippen LogP contribution in [0, 0.1) is 5.82 Å². The molecule has 0 amide bonds. The van der Waals surface area contributed by atoms with Crippen LogP contribution < -0.4 is 0 Å². The second-order valence-electron chi connectivity index (χ2n) is 12.0. The lowest BCUT2D eigenvalue weighted by molar-refractivity contribution is 0.220. The smallest absolute Gasteiger partial charge is 0.159 e. The van der Waals surface area contributed by atoms with Crippen LogP contribution in [-0.2, 0) is 13.0 Å². The van der Waals surface area contributed by atoms with Crippen LogP contribution in [0.15, 0.2) is 61.3 Å². The first-order chi connectivity index (χ1) is 21.5. The number of hydrogen-bond donors (Lipinski definition) is 2. The Labute approximate surface area is 255 Å². The van der Waals surface area contributed by atoms with Crippen LogP contribution >= 0.6 is 0 Å². The highest BCUT2D eigenvalue weighted by molar-refractivity contribution is 5.97. The van der Waals surface area contributed by atoms with Crippen molar-refractivity contribution in [2.24, 2.45) is 0 Å². The van der Waals surface area contributed by atoms with Crippen molar-refractivity contribution >= 4 is 21.9 Å². The van der Waals surface area contributed by atoms with Gasteiger partial charge in [0.1, 0.15) is 11.5 Å². The molecule has 0 atom stereocenters. The highest BCUT2D eigenvalue weighted by atomic mass is 19.1. The van der Waals surface area contributed by atoms with Crippen LogP contribution in [0.5, 0.6) is 0 Å². The van der Waals surface area contributed by atoms with E-state index in [0.717, 1.165) is 88.9 Å². The fraction of sp³-hybridized carbons (Fsp3) is 0.324. The number of H-pyrrole nitrogens is 2. The summed E-state index contributed by atoms with van der Waals surface area (Å²) in [5.74, 6) is 0.347. The molecular weight excluding hydrogens is 553 g/mol. The molecule has 1 aromatic carbocycles. The first-order valence-electron chi connectivity index (χ1n) is 15.3. The molecule has 1 fully saturated rings. The van der Waals surface area contributed by atoms with Gasteiger partial charge in [0.25, 0.3) is 0 Å². The lowest BCUT2D eigenvalue weighted by atomic mass is 10.0. The third kappa shape index (κ3) is 5.95. The number of pyridine rings is 3. The quantitative estimate of drug-likeness (QED) is 0.206. The minimum Gasteiger partial charge on any atom is -0.335 e. The van der Waals surface area contributed by atoms with E-state index in [1.54, 1.807) is 30.7 Å². The van der Waals surface area contributed by atoms with Crippen LogP contribution in [0.3, 0.4) is 0 Å². The van der Waals surface area contributed by atoms with Crippen LogP contribution in [0.1, 0.15) is 36.8 Å². The Morgan fingerprint density at radius 2 is 1.70 bits per heavy atom. The van der Waals surface area contributed by atoms with E-state index in [-0.39, 0.29) is 5.82 Å². The highest BCUT2D eigenvalue weighted by Crippen LogP contribution is 2.33. The molecule has 0 radical (unpaired) electrons. The summed E-state index contributed by atoms with van der Waals surface area (Å²) in [6, 6.07) is 9.43. The molecule has 2 N–H and O–H groups in total. The number of likely N-dealkylation sites (tertiary alicyclic amines) is 1. The number of hydrogen-bond acceptors (Lipinski definition) is 7. The van der Waals surface area contributed by atoms with E-state index in [4.69, 9.17) is 9.97 Å². The minimum atomic E-state index is -0.261. The molecule has 44 heavy (non-hydrogen) atoms. The van der Waals surface area contributed by atoms with Crippen molar-refractivity contribution in [1.29, 1.82) is 0 Å². The standard InChI is InChI=1S/C34H36FN9/c1-43(2)8-6-7-22-11-24(14-26(35)13-22)28-18-37-19-31-32(28)40-34(39-31)33-27-15-29(38-20-30(27)41-42-33)25-12-23(16-36-17-25)21-44-9-4-3-5-10-44/h11-20H,3-10,21H2,1-2H3,(H,39,40)(H,41,42). The molecule has 0 bridgehead atoms. The van der Waals surface area contributed by atoms with Gasteiger partial charge in [-0.05, 0) is 100 Å². The summed E-state index contributed by atoms with van der Waals surface area (Å²) in [4.78, 5) is 26.7. The SMILES string of the molecule is CN(C)CCCc1cc(F)cc(-c2cncc3[nH]c(-c4n[nH]c5cnc(-c6cncc(CN7CCCCC7)c6)cc45)nc23)c1. The average Bonchev–Trinajstić information content (AvgIpc) is 3.65. The number of benzene rings is 1. The number of nitrogens with one attached hydrogen (secondary N) is 2. The maximum Gasteiger partial charge on any atom is 0.159 e. The summed E-state index contributed by atoms with van der Waals surface area (Å²) in [5.41, 5.74) is 8.46. The van der Waals surface area contributed by atoms with Gasteiger partial charge in [-0.2, -0.15) is 5.10 Å². The summed E-state index contributed by atoms with van der Waals surface area (Å²) in [6.07, 6.45) is 14.7. The Bertz CT molecular complexity index is 1920. The summed E-state index contributed by atoms with van der Waals surface area (Å²) < 4.78 is 14.7. The zero-order valence-corrected chi connectivity index (χ0v) is 25.1. The third-order valence-corrected chi connectivity index (χ3v) is 8.35. The van der Waals surface area contributed by atoms with Crippen LogP contribution in [-0.4, -0.2) is 78.6 Å². The second kappa shape index (κ2) is 12.2. The summed E-state index contributed by atoms with van der Waals surface area (Å²) in [7, 11) is 4.09. The molecule has 1 saturated heterocycles. The van der Waals surface area contributed by atoms with E-state index in [9.17, 15) is 4.39 Å². The second-order valence-corrected chi connectivity index (χ2v) is 12.0. The van der Waals surface area contributed by atoms with Crippen molar-refractivity contribution in [3.05, 3.63) is 78.3 Å². The molecule has 0 spiro atoms. The molecule has 5 aromatic heterocycles. The van der Waals surface area contributed by atoms with Crippen molar-refractivity contribution in [3.63, 3.8) is 0 Å². The van der Waals surface area contributed by atoms with Crippen molar-refractivity contribution in [1.82, 2.24) is 44.9 Å². The molecule has 1 aliphatic heterocycles. The predicted molar refractivity (Wildman–Crippen MR) is 171 cm³/mol. The van der Waals surface area contributed by atoms with Gasteiger partial charge in [-0.25, -0.2) is 9.37 Å². The minimum absolute atomic E-state index is 0.261.